The van der Waals surface area contributed by atoms with Gasteiger partial charge in [0, 0.05) is 6.04 Å². The minimum Gasteiger partial charge on any atom is -0.494 e. The second kappa shape index (κ2) is 6.34. The van der Waals surface area contributed by atoms with E-state index in [4.69, 9.17) is 10.5 Å². The van der Waals surface area contributed by atoms with Gasteiger partial charge in [0.05, 0.1) is 6.61 Å². The van der Waals surface area contributed by atoms with Crippen LogP contribution < -0.4 is 10.5 Å². The van der Waals surface area contributed by atoms with Crippen LogP contribution in [0.15, 0.2) is 48.5 Å². The van der Waals surface area contributed by atoms with Crippen molar-refractivity contribution in [2.75, 3.05) is 6.61 Å². The number of hydrogen-bond donors (Lipinski definition) is 1. The maximum atomic E-state index is 12.9. The molecule has 0 saturated carbocycles. The molecule has 0 amide bonds. The van der Waals surface area contributed by atoms with Gasteiger partial charge in [0.25, 0.3) is 0 Å². The van der Waals surface area contributed by atoms with Crippen molar-refractivity contribution >= 4 is 0 Å². The van der Waals surface area contributed by atoms with Crippen molar-refractivity contribution < 1.29 is 9.13 Å². The van der Waals surface area contributed by atoms with Crippen LogP contribution in [0.2, 0.25) is 0 Å². The molecule has 0 aliphatic rings. The molecule has 100 valence electrons. The van der Waals surface area contributed by atoms with Gasteiger partial charge in [0.2, 0.25) is 0 Å². The average molecular weight is 259 g/mol. The molecule has 0 aliphatic carbocycles. The van der Waals surface area contributed by atoms with Crippen molar-refractivity contribution in [1.29, 1.82) is 0 Å². The van der Waals surface area contributed by atoms with E-state index in [1.807, 2.05) is 31.2 Å². The van der Waals surface area contributed by atoms with Gasteiger partial charge in [-0.2, -0.15) is 0 Å². The van der Waals surface area contributed by atoms with Crippen LogP contribution in [0.25, 0.3) is 0 Å². The lowest BCUT2D eigenvalue weighted by atomic mass is 9.99. The molecule has 0 radical (unpaired) electrons. The first-order valence-corrected chi connectivity index (χ1v) is 6.42. The number of benzene rings is 2. The van der Waals surface area contributed by atoms with E-state index in [0.717, 1.165) is 16.9 Å². The van der Waals surface area contributed by atoms with E-state index < -0.39 is 0 Å². The smallest absolute Gasteiger partial charge is 0.123 e. The second-order valence-electron chi connectivity index (χ2n) is 4.40. The summed E-state index contributed by atoms with van der Waals surface area (Å²) in [6, 6.07) is 14.0. The molecule has 0 aliphatic heterocycles. The molecule has 2 nitrogen and oxygen atoms in total. The third kappa shape index (κ3) is 3.55. The lowest BCUT2D eigenvalue weighted by molar-refractivity contribution is 0.335. The van der Waals surface area contributed by atoms with Crippen LogP contribution >= 0.6 is 0 Å². The van der Waals surface area contributed by atoms with Gasteiger partial charge in [0.15, 0.2) is 0 Å². The van der Waals surface area contributed by atoms with E-state index in [1.165, 1.54) is 12.1 Å². The summed E-state index contributed by atoms with van der Waals surface area (Å²) in [6.45, 7) is 2.58. The van der Waals surface area contributed by atoms with Crippen molar-refractivity contribution in [3.63, 3.8) is 0 Å². The zero-order chi connectivity index (χ0) is 13.7. The Labute approximate surface area is 113 Å². The van der Waals surface area contributed by atoms with Crippen molar-refractivity contribution in [2.45, 2.75) is 19.4 Å². The standard InChI is InChI=1S/C16H18FNO/c1-2-19-16-6-4-3-5-13(16)11-15(18)12-7-9-14(17)10-8-12/h3-10,15H,2,11,18H2,1H3. The molecule has 2 aromatic carbocycles. The minimum absolute atomic E-state index is 0.165. The molecule has 0 aromatic heterocycles. The summed E-state index contributed by atoms with van der Waals surface area (Å²) in [5.41, 5.74) is 8.16. The molecule has 1 atom stereocenters. The van der Waals surface area contributed by atoms with Crippen LogP contribution in [0.4, 0.5) is 4.39 Å². The van der Waals surface area contributed by atoms with Crippen molar-refractivity contribution in [3.05, 3.63) is 65.5 Å². The molecule has 2 aromatic rings. The fourth-order valence-corrected chi connectivity index (χ4v) is 2.03. The molecule has 2 N–H and O–H groups in total. The monoisotopic (exact) mass is 259 g/mol. The molecule has 0 bridgehead atoms. The van der Waals surface area contributed by atoms with Gasteiger partial charge in [-0.3, -0.25) is 0 Å². The summed E-state index contributed by atoms with van der Waals surface area (Å²) in [7, 11) is 0. The van der Waals surface area contributed by atoms with Gasteiger partial charge >= 0.3 is 0 Å². The lowest BCUT2D eigenvalue weighted by Crippen LogP contribution is -2.14. The van der Waals surface area contributed by atoms with Crippen molar-refractivity contribution in [1.82, 2.24) is 0 Å². The second-order valence-corrected chi connectivity index (χ2v) is 4.40. The minimum atomic E-state index is -0.245. The van der Waals surface area contributed by atoms with E-state index in [0.29, 0.717) is 13.0 Å². The molecule has 0 spiro atoms. The SMILES string of the molecule is CCOc1ccccc1CC(N)c1ccc(F)cc1. The van der Waals surface area contributed by atoms with Crippen molar-refractivity contribution in [2.24, 2.45) is 5.73 Å². The highest BCUT2D eigenvalue weighted by Gasteiger charge is 2.10. The fourth-order valence-electron chi connectivity index (χ4n) is 2.03. The van der Waals surface area contributed by atoms with Crippen LogP contribution in [0.1, 0.15) is 24.1 Å². The van der Waals surface area contributed by atoms with E-state index in [-0.39, 0.29) is 11.9 Å². The first-order valence-electron chi connectivity index (χ1n) is 6.42. The Kier molecular flexibility index (Phi) is 4.53. The van der Waals surface area contributed by atoms with E-state index >= 15 is 0 Å². The van der Waals surface area contributed by atoms with Crippen molar-refractivity contribution in [3.8, 4) is 5.75 Å². The maximum absolute atomic E-state index is 12.9. The van der Waals surface area contributed by atoms with Crippen LogP contribution in [-0.4, -0.2) is 6.61 Å². The first kappa shape index (κ1) is 13.6. The Morgan fingerprint density at radius 1 is 1.11 bits per heavy atom. The summed E-state index contributed by atoms with van der Waals surface area (Å²) in [6.07, 6.45) is 0.668. The summed E-state index contributed by atoms with van der Waals surface area (Å²) in [5.74, 6) is 0.619. The van der Waals surface area contributed by atoms with Gasteiger partial charge in [0.1, 0.15) is 11.6 Å². The quantitative estimate of drug-likeness (QED) is 0.892. The molecule has 0 saturated heterocycles. The van der Waals surface area contributed by atoms with E-state index in [9.17, 15) is 4.39 Å². The number of ether oxygens (including phenoxy) is 1. The zero-order valence-electron chi connectivity index (χ0n) is 11.0. The normalized spacial score (nSPS) is 12.2. The third-order valence-corrected chi connectivity index (χ3v) is 3.01. The summed E-state index contributed by atoms with van der Waals surface area (Å²) >= 11 is 0. The molecule has 19 heavy (non-hydrogen) atoms. The first-order chi connectivity index (χ1) is 9.20. The predicted molar refractivity (Wildman–Crippen MR) is 74.6 cm³/mol. The van der Waals surface area contributed by atoms with Gasteiger partial charge in [-0.1, -0.05) is 30.3 Å². The molecule has 1 unspecified atom stereocenters. The largest absolute Gasteiger partial charge is 0.494 e. The topological polar surface area (TPSA) is 35.2 Å². The Balaban J connectivity index is 2.14. The molecule has 0 heterocycles. The average Bonchev–Trinajstić information content (AvgIpc) is 2.42. The van der Waals surface area contributed by atoms with Crippen LogP contribution in [0.5, 0.6) is 5.75 Å². The molecule has 3 heteroatoms. The fraction of sp³-hybridized carbons (Fsp3) is 0.250. The van der Waals surface area contributed by atoms with Gasteiger partial charge < -0.3 is 10.5 Å². The number of rotatable bonds is 5. The summed E-state index contributed by atoms with van der Waals surface area (Å²) in [5, 5.41) is 0. The predicted octanol–water partition coefficient (Wildman–Crippen LogP) is 3.47. The number of halogens is 1. The van der Waals surface area contributed by atoms with Crippen LogP contribution in [0, 0.1) is 5.82 Å². The molecule has 0 fully saturated rings. The Morgan fingerprint density at radius 2 is 1.79 bits per heavy atom. The summed E-state index contributed by atoms with van der Waals surface area (Å²) in [4.78, 5) is 0. The van der Waals surface area contributed by atoms with Crippen LogP contribution in [0.3, 0.4) is 0 Å². The maximum Gasteiger partial charge on any atom is 0.123 e. The Bertz CT molecular complexity index is 525. The van der Waals surface area contributed by atoms with E-state index in [2.05, 4.69) is 0 Å². The lowest BCUT2D eigenvalue weighted by Gasteiger charge is -2.15. The third-order valence-electron chi connectivity index (χ3n) is 3.01. The number of nitrogens with two attached hydrogens (primary N) is 1. The summed E-state index contributed by atoms with van der Waals surface area (Å²) < 4.78 is 18.5. The number of para-hydroxylation sites is 1. The number of hydrogen-bond acceptors (Lipinski definition) is 2. The van der Waals surface area contributed by atoms with Gasteiger partial charge in [-0.25, -0.2) is 4.39 Å². The Hall–Kier alpha value is -1.87. The highest BCUT2D eigenvalue weighted by Crippen LogP contribution is 2.24. The Morgan fingerprint density at radius 3 is 2.47 bits per heavy atom. The highest BCUT2D eigenvalue weighted by atomic mass is 19.1. The molecular weight excluding hydrogens is 241 g/mol. The molecular formula is C16H18FNO. The zero-order valence-corrected chi connectivity index (χ0v) is 11.0. The van der Waals surface area contributed by atoms with Gasteiger partial charge in [-0.15, -0.1) is 0 Å². The van der Waals surface area contributed by atoms with E-state index in [1.54, 1.807) is 12.1 Å². The van der Waals surface area contributed by atoms with Gasteiger partial charge in [-0.05, 0) is 42.7 Å². The highest BCUT2D eigenvalue weighted by molar-refractivity contribution is 5.35. The van der Waals surface area contributed by atoms with Crippen LogP contribution in [-0.2, 0) is 6.42 Å². The molecule has 2 rings (SSSR count).